The topological polar surface area (TPSA) is 100 Å². The van der Waals surface area contributed by atoms with E-state index in [4.69, 9.17) is 25.2 Å². The molecule has 2 heterocycles. The summed E-state index contributed by atoms with van der Waals surface area (Å²) in [6.45, 7) is 33.1. The van der Waals surface area contributed by atoms with Crippen molar-refractivity contribution in [1.82, 2.24) is 19.5 Å². The number of rotatable bonds is 7. The number of aromatic nitrogens is 4. The zero-order valence-corrected chi connectivity index (χ0v) is 30.0. The van der Waals surface area contributed by atoms with Gasteiger partial charge in [0.1, 0.15) is 11.1 Å². The summed E-state index contributed by atoms with van der Waals surface area (Å²) in [4.78, 5) is 25.8. The Bertz CT molecular complexity index is 1290. The first kappa shape index (κ1) is 33.7. The van der Waals surface area contributed by atoms with E-state index in [9.17, 15) is 4.79 Å². The van der Waals surface area contributed by atoms with Crippen molar-refractivity contribution in [3.63, 3.8) is 0 Å². The fourth-order valence-corrected chi connectivity index (χ4v) is 6.90. The predicted molar refractivity (Wildman–Crippen MR) is 172 cm³/mol. The lowest BCUT2D eigenvalue weighted by Gasteiger charge is -2.41. The summed E-state index contributed by atoms with van der Waals surface area (Å²) in [5.74, 6) is 0.0614. The van der Waals surface area contributed by atoms with Crippen molar-refractivity contribution in [3.05, 3.63) is 23.6 Å². The Morgan fingerprint density at radius 3 is 2.17 bits per heavy atom. The molecule has 1 aliphatic carbocycles. The van der Waals surface area contributed by atoms with Crippen molar-refractivity contribution in [3.8, 4) is 0 Å². The van der Waals surface area contributed by atoms with Gasteiger partial charge < -0.3 is 18.2 Å². The Kier molecular flexibility index (Phi) is 9.34. The number of hydrogen-bond acceptors (Lipinski definition) is 7. The lowest BCUT2D eigenvalue weighted by atomic mass is 10.0. The normalized spacial score (nSPS) is 21.0. The molecule has 1 N–H and O–H groups in total. The Balaban J connectivity index is 1.99. The van der Waals surface area contributed by atoms with Crippen LogP contribution in [0.5, 0.6) is 0 Å². The van der Waals surface area contributed by atoms with Gasteiger partial charge in [-0.3, -0.25) is 5.32 Å². The summed E-state index contributed by atoms with van der Waals surface area (Å²) >= 11 is 6.50. The smallest absolute Gasteiger partial charge is 0.414 e. The molecule has 0 radical (unpaired) electrons. The summed E-state index contributed by atoms with van der Waals surface area (Å²) in [6, 6.07) is -0.136. The summed E-state index contributed by atoms with van der Waals surface area (Å²) in [5.41, 5.74) is 1.32. The molecule has 0 aromatic carbocycles. The van der Waals surface area contributed by atoms with Gasteiger partial charge >= 0.3 is 6.09 Å². The highest BCUT2D eigenvalue weighted by molar-refractivity contribution is 6.74. The summed E-state index contributed by atoms with van der Waals surface area (Å²) in [7, 11) is -4.10. The lowest BCUT2D eigenvalue weighted by Crippen LogP contribution is -2.47. The number of carbonyl (C=O) groups excluding carboxylic acids is 1. The van der Waals surface area contributed by atoms with Gasteiger partial charge in [0.05, 0.1) is 18.5 Å². The molecule has 9 nitrogen and oxygen atoms in total. The maximum Gasteiger partial charge on any atom is 0.414 e. The fraction of sp³-hybridized carbons (Fsp3) is 0.724. The molecule has 0 unspecified atom stereocenters. The highest BCUT2D eigenvalue weighted by Crippen LogP contribution is 2.47. The van der Waals surface area contributed by atoms with Crippen molar-refractivity contribution in [2.45, 2.75) is 123 Å². The molecule has 230 valence electrons. The molecule has 0 spiro atoms. The third-order valence-electron chi connectivity index (χ3n) is 8.82. The molecule has 41 heavy (non-hydrogen) atoms. The average Bonchev–Trinajstić information content (AvgIpc) is 3.30. The van der Waals surface area contributed by atoms with Gasteiger partial charge in [-0.1, -0.05) is 59.7 Å². The molecule has 2 aromatic heterocycles. The number of halogens is 1. The van der Waals surface area contributed by atoms with Crippen LogP contribution in [0.1, 0.15) is 74.8 Å². The number of ether oxygens (including phenoxy) is 1. The molecule has 3 rings (SSSR count). The van der Waals surface area contributed by atoms with Crippen LogP contribution in [0.4, 0.5) is 10.7 Å². The molecule has 1 saturated carbocycles. The van der Waals surface area contributed by atoms with Gasteiger partial charge in [-0.05, 0) is 69.0 Å². The van der Waals surface area contributed by atoms with Crippen LogP contribution in [-0.4, -0.2) is 60.6 Å². The van der Waals surface area contributed by atoms with E-state index in [2.05, 4.69) is 94.6 Å². The Labute approximate surface area is 253 Å². The number of hydrogen-bond donors (Lipinski definition) is 1. The monoisotopic (exact) mass is 623 g/mol. The molecule has 12 heteroatoms. The molecule has 0 bridgehead atoms. The molecule has 0 aliphatic heterocycles. The standard InChI is InChI=1S/C29H50ClN5O4Si2/c1-18-19(16-37-40(11,12)28(5,6)7)21(39-41(13,14)29(8,9)10)15-20(18)35-17-31-22-23(30)32-25(33-24(22)35)34-26(36)38-27(2,3)4/h17,19-21H,1,15-16H2,2-14H3,(H,32,33,34,36)/t19-,20-,21-/m0/s1. The maximum absolute atomic E-state index is 12.4. The van der Waals surface area contributed by atoms with Crippen LogP contribution >= 0.6 is 11.6 Å². The third kappa shape index (κ3) is 7.59. The van der Waals surface area contributed by atoms with Crippen LogP contribution in [-0.2, 0) is 13.6 Å². The van der Waals surface area contributed by atoms with Crippen LogP contribution in [0.25, 0.3) is 11.2 Å². The first-order chi connectivity index (χ1) is 18.4. The second kappa shape index (κ2) is 11.4. The molecule has 3 atom stereocenters. The number of carbonyl (C=O) groups is 1. The van der Waals surface area contributed by atoms with Crippen LogP contribution in [0, 0.1) is 5.92 Å². The van der Waals surface area contributed by atoms with Crippen LogP contribution in [0.2, 0.25) is 41.4 Å². The Hall–Kier alpha value is -1.80. The van der Waals surface area contributed by atoms with Gasteiger partial charge in [-0.15, -0.1) is 0 Å². The van der Waals surface area contributed by atoms with Crippen LogP contribution in [0.3, 0.4) is 0 Å². The predicted octanol–water partition coefficient (Wildman–Crippen LogP) is 8.36. The Morgan fingerprint density at radius 2 is 1.63 bits per heavy atom. The van der Waals surface area contributed by atoms with Crippen molar-refractivity contribution >= 4 is 51.4 Å². The van der Waals surface area contributed by atoms with E-state index in [1.807, 2.05) is 4.57 Å². The van der Waals surface area contributed by atoms with Gasteiger partial charge in [0, 0.05) is 12.5 Å². The first-order valence-corrected chi connectivity index (χ1v) is 20.5. The molecular weight excluding hydrogens is 574 g/mol. The quantitative estimate of drug-likeness (QED) is 0.188. The van der Waals surface area contributed by atoms with E-state index in [0.29, 0.717) is 24.2 Å². The largest absolute Gasteiger partial charge is 0.444 e. The van der Waals surface area contributed by atoms with Gasteiger partial charge in [-0.2, -0.15) is 9.97 Å². The highest BCUT2D eigenvalue weighted by atomic mass is 35.5. The highest BCUT2D eigenvalue weighted by Gasteiger charge is 2.47. The van der Waals surface area contributed by atoms with E-state index >= 15 is 0 Å². The second-order valence-corrected chi connectivity index (χ2v) is 25.1. The molecule has 2 aromatic rings. The van der Waals surface area contributed by atoms with Gasteiger partial charge in [0.15, 0.2) is 27.4 Å². The molecule has 1 fully saturated rings. The van der Waals surface area contributed by atoms with Crippen molar-refractivity contribution in [2.75, 3.05) is 11.9 Å². The summed E-state index contributed by atoms with van der Waals surface area (Å²) < 4.78 is 21.1. The zero-order valence-electron chi connectivity index (χ0n) is 27.2. The molecular formula is C29H50ClN5O4Si2. The fourth-order valence-electron chi connectivity index (χ4n) is 4.29. The lowest BCUT2D eigenvalue weighted by molar-refractivity contribution is 0.0634. The van der Waals surface area contributed by atoms with Gasteiger partial charge in [-0.25, -0.2) is 9.78 Å². The third-order valence-corrected chi connectivity index (χ3v) is 18.1. The minimum absolute atomic E-state index is 0.0115. The maximum atomic E-state index is 12.4. The number of anilines is 1. The number of nitrogens with one attached hydrogen (secondary N) is 1. The summed E-state index contributed by atoms with van der Waals surface area (Å²) in [6.07, 6.45) is 1.71. The summed E-state index contributed by atoms with van der Waals surface area (Å²) in [5, 5.41) is 2.90. The minimum atomic E-state index is -2.10. The average molecular weight is 624 g/mol. The van der Waals surface area contributed by atoms with Crippen molar-refractivity contribution < 1.29 is 18.4 Å². The van der Waals surface area contributed by atoms with Crippen LogP contribution in [0.15, 0.2) is 18.5 Å². The Morgan fingerprint density at radius 1 is 1.05 bits per heavy atom. The minimum Gasteiger partial charge on any atom is -0.444 e. The van der Waals surface area contributed by atoms with Gasteiger partial charge in [0.2, 0.25) is 5.95 Å². The van der Waals surface area contributed by atoms with E-state index in [0.717, 1.165) is 5.57 Å². The van der Waals surface area contributed by atoms with Crippen LogP contribution < -0.4 is 5.32 Å². The molecule has 1 amide bonds. The van der Waals surface area contributed by atoms with Crippen molar-refractivity contribution in [1.29, 1.82) is 0 Å². The van der Waals surface area contributed by atoms with E-state index < -0.39 is 28.3 Å². The number of nitrogens with zero attached hydrogens (tertiary/aromatic N) is 4. The zero-order chi connectivity index (χ0) is 31.3. The number of amides is 1. The van der Waals surface area contributed by atoms with Gasteiger partial charge in [0.25, 0.3) is 0 Å². The second-order valence-electron chi connectivity index (χ2n) is 15.2. The van der Waals surface area contributed by atoms with E-state index in [1.54, 1.807) is 27.1 Å². The molecule has 1 aliphatic rings. The molecule has 0 saturated heterocycles. The van der Waals surface area contributed by atoms with Crippen molar-refractivity contribution in [2.24, 2.45) is 5.92 Å². The number of imidazole rings is 1. The van der Waals surface area contributed by atoms with E-state index in [1.165, 1.54) is 0 Å². The number of fused-ring (bicyclic) bond motifs is 1. The SMILES string of the molecule is C=C1[C@H](CO[Si](C)(C)C(C)(C)C)[C@@H](O[Si](C)(C)C(C)(C)C)C[C@@H]1n1cnc2c(Cl)nc(NC(=O)OC(C)(C)C)nc21. The first-order valence-electron chi connectivity index (χ1n) is 14.3. The van der Waals surface area contributed by atoms with E-state index in [-0.39, 0.29) is 39.2 Å².